The van der Waals surface area contributed by atoms with Crippen molar-refractivity contribution in [1.29, 1.82) is 0 Å². The average molecular weight is 357 g/mol. The molecule has 3 atom stereocenters. The summed E-state index contributed by atoms with van der Waals surface area (Å²) >= 11 is 3.60. The van der Waals surface area contributed by atoms with Crippen LogP contribution in [0.5, 0.6) is 0 Å². The highest BCUT2D eigenvalue weighted by molar-refractivity contribution is 9.10. The summed E-state index contributed by atoms with van der Waals surface area (Å²) in [7, 11) is 2.01. The van der Waals surface area contributed by atoms with Gasteiger partial charge in [-0.25, -0.2) is 0 Å². The Labute approximate surface area is 137 Å². The Hall–Kier alpha value is -0.420. The molecular weight excluding hydrogens is 328 g/mol. The molecular formula is C16H29BrN4. The van der Waals surface area contributed by atoms with Gasteiger partial charge in [-0.2, -0.15) is 0 Å². The number of rotatable bonds is 4. The lowest BCUT2D eigenvalue weighted by atomic mass is 9.65. The first-order valence-electron chi connectivity index (χ1n) is 8.10. The van der Waals surface area contributed by atoms with E-state index in [1.54, 1.807) is 0 Å². The Balaban J connectivity index is 2.25. The Morgan fingerprint density at radius 3 is 2.57 bits per heavy atom. The molecule has 0 bridgehead atoms. The molecule has 1 aromatic rings. The molecule has 21 heavy (non-hydrogen) atoms. The predicted molar refractivity (Wildman–Crippen MR) is 90.3 cm³/mol. The molecule has 1 N–H and O–H groups in total. The fourth-order valence-electron chi connectivity index (χ4n) is 3.66. The zero-order chi connectivity index (χ0) is 15.6. The van der Waals surface area contributed by atoms with Gasteiger partial charge in [0.2, 0.25) is 0 Å². The minimum absolute atomic E-state index is 0.375. The topological polar surface area (TPSA) is 42.7 Å². The zero-order valence-corrected chi connectivity index (χ0v) is 15.6. The van der Waals surface area contributed by atoms with Gasteiger partial charge in [-0.15, -0.1) is 5.10 Å². The number of halogens is 1. The summed E-state index contributed by atoms with van der Waals surface area (Å²) in [6, 6.07) is 0. The number of hydrogen-bond donors (Lipinski definition) is 1. The molecule has 1 aliphatic rings. The minimum atomic E-state index is 0.375. The second-order valence-corrected chi connectivity index (χ2v) is 8.19. The fourth-order valence-corrected chi connectivity index (χ4v) is 4.28. The standard InChI is InChI=1S/C16H29BrN4/c1-6-18-10-11-7-8-12(16(2,3)4)9-13(11)14-15(17)19-20-21(14)5/h11-13,18H,6-10H2,1-5H3. The van der Waals surface area contributed by atoms with Crippen molar-refractivity contribution < 1.29 is 0 Å². The van der Waals surface area contributed by atoms with Gasteiger partial charge in [-0.3, -0.25) is 4.68 Å². The number of aromatic nitrogens is 3. The van der Waals surface area contributed by atoms with Gasteiger partial charge in [0.05, 0.1) is 5.69 Å². The second kappa shape index (κ2) is 6.78. The largest absolute Gasteiger partial charge is 0.317 e. The molecule has 1 aliphatic carbocycles. The highest BCUT2D eigenvalue weighted by Crippen LogP contribution is 2.47. The van der Waals surface area contributed by atoms with Crippen molar-refractivity contribution in [1.82, 2.24) is 20.3 Å². The van der Waals surface area contributed by atoms with E-state index in [4.69, 9.17) is 0 Å². The van der Waals surface area contributed by atoms with E-state index in [1.807, 2.05) is 11.7 Å². The van der Waals surface area contributed by atoms with Crippen molar-refractivity contribution >= 4 is 15.9 Å². The van der Waals surface area contributed by atoms with Crippen molar-refractivity contribution in [2.45, 2.75) is 52.9 Å². The van der Waals surface area contributed by atoms with Crippen molar-refractivity contribution in [3.8, 4) is 0 Å². The third kappa shape index (κ3) is 3.86. The van der Waals surface area contributed by atoms with Crippen LogP contribution in [-0.4, -0.2) is 28.1 Å². The smallest absolute Gasteiger partial charge is 0.151 e. The van der Waals surface area contributed by atoms with Crippen LogP contribution in [-0.2, 0) is 7.05 Å². The maximum atomic E-state index is 4.20. The summed E-state index contributed by atoms with van der Waals surface area (Å²) in [6.45, 7) is 11.4. The highest BCUT2D eigenvalue weighted by atomic mass is 79.9. The molecule has 0 spiro atoms. The van der Waals surface area contributed by atoms with Crippen molar-refractivity contribution in [3.63, 3.8) is 0 Å². The van der Waals surface area contributed by atoms with Crippen LogP contribution in [0.25, 0.3) is 0 Å². The zero-order valence-electron chi connectivity index (χ0n) is 14.0. The Morgan fingerprint density at radius 1 is 1.33 bits per heavy atom. The maximum absolute atomic E-state index is 4.20. The van der Waals surface area contributed by atoms with Gasteiger partial charge < -0.3 is 5.32 Å². The van der Waals surface area contributed by atoms with Gasteiger partial charge in [-0.1, -0.05) is 32.9 Å². The lowest BCUT2D eigenvalue weighted by Crippen LogP contribution is -2.36. The van der Waals surface area contributed by atoms with E-state index >= 15 is 0 Å². The minimum Gasteiger partial charge on any atom is -0.317 e. The second-order valence-electron chi connectivity index (χ2n) is 7.44. The SMILES string of the molecule is CCNCC1CCC(C(C)(C)C)CC1c1c(Br)nnn1C. The molecule has 1 fully saturated rings. The van der Waals surface area contributed by atoms with Crippen LogP contribution in [0.1, 0.15) is 58.6 Å². The van der Waals surface area contributed by atoms with Crippen LogP contribution in [0, 0.1) is 17.3 Å². The number of nitrogens with zero attached hydrogens (tertiary/aromatic N) is 3. The summed E-state index contributed by atoms with van der Waals surface area (Å²) in [5, 5.41) is 11.9. The molecule has 1 saturated carbocycles. The van der Waals surface area contributed by atoms with Crippen molar-refractivity contribution in [2.24, 2.45) is 24.3 Å². The lowest BCUT2D eigenvalue weighted by Gasteiger charge is -2.42. The van der Waals surface area contributed by atoms with Crippen LogP contribution >= 0.6 is 15.9 Å². The van der Waals surface area contributed by atoms with E-state index in [-0.39, 0.29) is 0 Å². The van der Waals surface area contributed by atoms with E-state index in [0.717, 1.165) is 23.6 Å². The van der Waals surface area contributed by atoms with Crippen LogP contribution in [0.15, 0.2) is 4.60 Å². The van der Waals surface area contributed by atoms with E-state index in [1.165, 1.54) is 25.0 Å². The van der Waals surface area contributed by atoms with Gasteiger partial charge in [-0.05, 0) is 65.5 Å². The summed E-state index contributed by atoms with van der Waals surface area (Å²) in [6.07, 6.45) is 3.86. The Morgan fingerprint density at radius 2 is 2.05 bits per heavy atom. The maximum Gasteiger partial charge on any atom is 0.151 e. The molecule has 0 saturated heterocycles. The molecule has 1 aromatic heterocycles. The summed E-state index contributed by atoms with van der Waals surface area (Å²) in [5.74, 6) is 1.98. The number of nitrogens with one attached hydrogen (secondary N) is 1. The first kappa shape index (κ1) is 16.9. The normalized spacial score (nSPS) is 27.0. The lowest BCUT2D eigenvalue weighted by molar-refractivity contribution is 0.126. The summed E-state index contributed by atoms with van der Waals surface area (Å²) in [5.41, 5.74) is 1.65. The monoisotopic (exact) mass is 356 g/mol. The van der Waals surface area contributed by atoms with Crippen LogP contribution in [0.4, 0.5) is 0 Å². The van der Waals surface area contributed by atoms with Crippen LogP contribution in [0.3, 0.4) is 0 Å². The first-order chi connectivity index (χ1) is 9.84. The average Bonchev–Trinajstić information content (AvgIpc) is 2.74. The first-order valence-corrected chi connectivity index (χ1v) is 8.89. The summed E-state index contributed by atoms with van der Waals surface area (Å²) in [4.78, 5) is 0. The molecule has 0 aromatic carbocycles. The Kier molecular flexibility index (Phi) is 5.47. The predicted octanol–water partition coefficient (Wildman–Crippen LogP) is 3.73. The van der Waals surface area contributed by atoms with E-state index in [2.05, 4.69) is 59.3 Å². The Bertz CT molecular complexity index is 444. The van der Waals surface area contributed by atoms with Crippen molar-refractivity contribution in [3.05, 3.63) is 10.3 Å². The van der Waals surface area contributed by atoms with E-state index in [9.17, 15) is 0 Å². The van der Waals surface area contributed by atoms with Gasteiger partial charge in [0, 0.05) is 13.0 Å². The molecule has 0 radical (unpaired) electrons. The van der Waals surface area contributed by atoms with E-state index < -0.39 is 0 Å². The molecule has 0 aliphatic heterocycles. The quantitative estimate of drug-likeness (QED) is 0.893. The van der Waals surface area contributed by atoms with Gasteiger partial charge in [0.15, 0.2) is 4.60 Å². The molecule has 4 nitrogen and oxygen atoms in total. The van der Waals surface area contributed by atoms with Crippen molar-refractivity contribution in [2.75, 3.05) is 13.1 Å². The molecule has 5 heteroatoms. The van der Waals surface area contributed by atoms with Crippen LogP contribution < -0.4 is 5.32 Å². The molecule has 3 unspecified atom stereocenters. The van der Waals surface area contributed by atoms with Crippen LogP contribution in [0.2, 0.25) is 0 Å². The van der Waals surface area contributed by atoms with E-state index in [0.29, 0.717) is 17.3 Å². The molecule has 120 valence electrons. The number of hydrogen-bond acceptors (Lipinski definition) is 3. The molecule has 2 rings (SSSR count). The third-order valence-corrected chi connectivity index (χ3v) is 5.62. The fraction of sp³-hybridized carbons (Fsp3) is 0.875. The molecule has 0 amide bonds. The number of aryl methyl sites for hydroxylation is 1. The van der Waals surface area contributed by atoms with Gasteiger partial charge in [0.25, 0.3) is 0 Å². The van der Waals surface area contributed by atoms with Gasteiger partial charge >= 0.3 is 0 Å². The van der Waals surface area contributed by atoms with Gasteiger partial charge in [0.1, 0.15) is 0 Å². The summed E-state index contributed by atoms with van der Waals surface area (Å²) < 4.78 is 2.88. The molecule has 1 heterocycles. The highest BCUT2D eigenvalue weighted by Gasteiger charge is 2.38. The third-order valence-electron chi connectivity index (χ3n) is 5.05.